The summed E-state index contributed by atoms with van der Waals surface area (Å²) in [4.78, 5) is 25.9. The zero-order valence-electron chi connectivity index (χ0n) is 14.7. The molecule has 136 valence electrons. The largest absolute Gasteiger partial charge is 0.326 e. The van der Waals surface area contributed by atoms with Crippen molar-refractivity contribution < 1.29 is 9.59 Å². The van der Waals surface area contributed by atoms with E-state index in [-0.39, 0.29) is 11.8 Å². The minimum Gasteiger partial charge on any atom is -0.326 e. The molecule has 0 radical (unpaired) electrons. The van der Waals surface area contributed by atoms with Gasteiger partial charge in [-0.1, -0.05) is 29.8 Å². The lowest BCUT2D eigenvalue weighted by molar-refractivity contribution is -0.117. The van der Waals surface area contributed by atoms with Gasteiger partial charge in [0.2, 0.25) is 11.8 Å². The fourth-order valence-corrected chi connectivity index (χ4v) is 3.20. The third-order valence-corrected chi connectivity index (χ3v) is 4.62. The highest BCUT2D eigenvalue weighted by atomic mass is 35.5. The number of fused-ring (bicyclic) bond motifs is 1. The summed E-state index contributed by atoms with van der Waals surface area (Å²) < 4.78 is 0. The van der Waals surface area contributed by atoms with Gasteiger partial charge in [-0.05, 0) is 55.4 Å². The number of amides is 2. The van der Waals surface area contributed by atoms with E-state index < -0.39 is 0 Å². The molecule has 0 fully saturated rings. The van der Waals surface area contributed by atoms with E-state index >= 15 is 0 Å². The van der Waals surface area contributed by atoms with Crippen molar-refractivity contribution in [2.24, 2.45) is 0 Å². The van der Waals surface area contributed by atoms with Crippen LogP contribution >= 0.6 is 11.6 Å². The summed E-state index contributed by atoms with van der Waals surface area (Å²) in [5.74, 6) is 0.0791. The number of nitrogens with zero attached hydrogens (tertiary/aromatic N) is 1. The quantitative estimate of drug-likeness (QED) is 0.733. The van der Waals surface area contributed by atoms with Gasteiger partial charge in [0.05, 0.1) is 13.0 Å². The highest BCUT2D eigenvalue weighted by molar-refractivity contribution is 6.31. The van der Waals surface area contributed by atoms with E-state index in [9.17, 15) is 9.59 Å². The van der Waals surface area contributed by atoms with Crippen LogP contribution in [-0.2, 0) is 22.6 Å². The molecular formula is C20H22ClN3O2. The van der Waals surface area contributed by atoms with Gasteiger partial charge in [-0.25, -0.2) is 0 Å². The SMILES string of the molecule is CNCCCC(=O)Nc1ccc(CN2C(=O)Cc3ccc(Cl)cc32)cc1. The van der Waals surface area contributed by atoms with Gasteiger partial charge in [0.25, 0.3) is 0 Å². The van der Waals surface area contributed by atoms with Crippen LogP contribution in [0.15, 0.2) is 42.5 Å². The van der Waals surface area contributed by atoms with Crippen LogP contribution in [0.25, 0.3) is 0 Å². The number of benzene rings is 2. The summed E-state index contributed by atoms with van der Waals surface area (Å²) in [6.07, 6.45) is 1.70. The van der Waals surface area contributed by atoms with Crippen LogP contribution in [0.2, 0.25) is 5.02 Å². The molecule has 0 aromatic heterocycles. The number of hydrogen-bond donors (Lipinski definition) is 2. The summed E-state index contributed by atoms with van der Waals surface area (Å²) in [7, 11) is 1.87. The average Bonchev–Trinajstić information content (AvgIpc) is 2.92. The van der Waals surface area contributed by atoms with Crippen LogP contribution in [0.3, 0.4) is 0 Å². The zero-order valence-corrected chi connectivity index (χ0v) is 15.5. The number of carbonyl (C=O) groups is 2. The normalized spacial score (nSPS) is 13.0. The molecule has 2 amide bonds. The van der Waals surface area contributed by atoms with Crippen LogP contribution in [0.5, 0.6) is 0 Å². The summed E-state index contributed by atoms with van der Waals surface area (Å²) in [6.45, 7) is 1.31. The molecule has 1 heterocycles. The van der Waals surface area contributed by atoms with Crippen LogP contribution in [0, 0.1) is 0 Å². The topological polar surface area (TPSA) is 61.4 Å². The van der Waals surface area contributed by atoms with Gasteiger partial charge in [0, 0.05) is 22.8 Å². The summed E-state index contributed by atoms with van der Waals surface area (Å²) in [5.41, 5.74) is 3.65. The van der Waals surface area contributed by atoms with E-state index in [1.54, 1.807) is 4.90 Å². The Bertz CT molecular complexity index is 805. The van der Waals surface area contributed by atoms with Gasteiger partial charge in [-0.2, -0.15) is 0 Å². The maximum atomic E-state index is 12.3. The lowest BCUT2D eigenvalue weighted by atomic mass is 10.1. The first-order valence-corrected chi connectivity index (χ1v) is 9.07. The predicted molar refractivity (Wildman–Crippen MR) is 105 cm³/mol. The zero-order chi connectivity index (χ0) is 18.5. The highest BCUT2D eigenvalue weighted by Gasteiger charge is 2.27. The molecular weight excluding hydrogens is 350 g/mol. The summed E-state index contributed by atoms with van der Waals surface area (Å²) >= 11 is 6.07. The third kappa shape index (κ3) is 4.42. The highest BCUT2D eigenvalue weighted by Crippen LogP contribution is 2.32. The molecule has 6 heteroatoms. The van der Waals surface area contributed by atoms with Gasteiger partial charge < -0.3 is 15.5 Å². The Kier molecular flexibility index (Phi) is 5.91. The lowest BCUT2D eigenvalue weighted by Crippen LogP contribution is -2.26. The molecule has 26 heavy (non-hydrogen) atoms. The van der Waals surface area contributed by atoms with Gasteiger partial charge >= 0.3 is 0 Å². The second-order valence-corrected chi connectivity index (χ2v) is 6.82. The number of carbonyl (C=O) groups excluding carboxylic acids is 2. The molecule has 0 saturated carbocycles. The second kappa shape index (κ2) is 8.34. The van der Waals surface area contributed by atoms with Crippen molar-refractivity contribution in [2.75, 3.05) is 23.8 Å². The van der Waals surface area contributed by atoms with Crippen LogP contribution in [0.4, 0.5) is 11.4 Å². The fourth-order valence-electron chi connectivity index (χ4n) is 3.03. The van der Waals surface area contributed by atoms with Crippen molar-refractivity contribution in [3.63, 3.8) is 0 Å². The molecule has 5 nitrogen and oxygen atoms in total. The van der Waals surface area contributed by atoms with Crippen molar-refractivity contribution in [3.05, 3.63) is 58.6 Å². The Morgan fingerprint density at radius 1 is 1.19 bits per heavy atom. The number of rotatable bonds is 7. The van der Waals surface area contributed by atoms with Crippen molar-refractivity contribution in [1.82, 2.24) is 5.32 Å². The van der Waals surface area contributed by atoms with Crippen molar-refractivity contribution >= 4 is 34.8 Å². The van der Waals surface area contributed by atoms with E-state index in [1.165, 1.54) is 0 Å². The van der Waals surface area contributed by atoms with Crippen LogP contribution in [-0.4, -0.2) is 25.4 Å². The molecule has 0 spiro atoms. The maximum Gasteiger partial charge on any atom is 0.231 e. The average molecular weight is 372 g/mol. The first-order valence-electron chi connectivity index (χ1n) is 8.69. The van der Waals surface area contributed by atoms with Gasteiger partial charge in [0.15, 0.2) is 0 Å². The molecule has 2 aromatic carbocycles. The van der Waals surface area contributed by atoms with Crippen molar-refractivity contribution in [2.45, 2.75) is 25.8 Å². The monoisotopic (exact) mass is 371 g/mol. The minimum absolute atomic E-state index is 0.00582. The first-order chi connectivity index (χ1) is 12.6. The van der Waals surface area contributed by atoms with Crippen molar-refractivity contribution in [3.8, 4) is 0 Å². The molecule has 1 aliphatic rings. The Hall–Kier alpha value is -2.37. The maximum absolute atomic E-state index is 12.3. The van der Waals surface area contributed by atoms with E-state index in [2.05, 4.69) is 10.6 Å². The standard InChI is InChI=1S/C20H22ClN3O2/c1-22-10-2-3-19(25)23-17-8-4-14(5-9-17)13-24-18-12-16(21)7-6-15(18)11-20(24)26/h4-9,12,22H,2-3,10-11,13H2,1H3,(H,23,25). The molecule has 0 saturated heterocycles. The van der Waals surface area contributed by atoms with Gasteiger partial charge in [-0.15, -0.1) is 0 Å². The van der Waals surface area contributed by atoms with E-state index in [1.807, 2.05) is 49.5 Å². The number of nitrogens with one attached hydrogen (secondary N) is 2. The molecule has 3 rings (SSSR count). The molecule has 0 aliphatic carbocycles. The molecule has 0 atom stereocenters. The van der Waals surface area contributed by atoms with E-state index in [4.69, 9.17) is 11.6 Å². The first kappa shape index (κ1) is 18.4. The number of halogens is 1. The molecule has 2 N–H and O–H groups in total. The second-order valence-electron chi connectivity index (χ2n) is 6.38. The smallest absolute Gasteiger partial charge is 0.231 e. The van der Waals surface area contributed by atoms with Crippen LogP contribution in [0.1, 0.15) is 24.0 Å². The number of hydrogen-bond acceptors (Lipinski definition) is 3. The van der Waals surface area contributed by atoms with Crippen LogP contribution < -0.4 is 15.5 Å². The predicted octanol–water partition coefficient (Wildman–Crippen LogP) is 3.37. The molecule has 0 unspecified atom stereocenters. The Balaban J connectivity index is 1.62. The van der Waals surface area contributed by atoms with Gasteiger partial charge in [0.1, 0.15) is 0 Å². The van der Waals surface area contributed by atoms with Crippen molar-refractivity contribution in [1.29, 1.82) is 0 Å². The third-order valence-electron chi connectivity index (χ3n) is 4.39. The fraction of sp³-hybridized carbons (Fsp3) is 0.300. The molecule has 2 aromatic rings. The Morgan fingerprint density at radius 3 is 2.69 bits per heavy atom. The lowest BCUT2D eigenvalue weighted by Gasteiger charge is -2.18. The Morgan fingerprint density at radius 2 is 1.96 bits per heavy atom. The Labute approximate surface area is 158 Å². The molecule has 1 aliphatic heterocycles. The molecule has 0 bridgehead atoms. The summed E-state index contributed by atoms with van der Waals surface area (Å²) in [6, 6.07) is 13.1. The minimum atomic E-state index is 0.00582. The van der Waals surface area contributed by atoms with E-state index in [0.717, 1.165) is 35.5 Å². The van der Waals surface area contributed by atoms with Gasteiger partial charge in [-0.3, -0.25) is 9.59 Å². The number of anilines is 2. The summed E-state index contributed by atoms with van der Waals surface area (Å²) in [5, 5.41) is 6.54. The van der Waals surface area contributed by atoms with E-state index in [0.29, 0.717) is 24.4 Å².